The molecule has 0 saturated heterocycles. The van der Waals surface area contributed by atoms with Gasteiger partial charge in [0.05, 0.1) is 0 Å². The predicted molar refractivity (Wildman–Crippen MR) is 87.2 cm³/mol. The fourth-order valence-electron chi connectivity index (χ4n) is 3.08. The summed E-state index contributed by atoms with van der Waals surface area (Å²) in [5.41, 5.74) is 2.53. The first-order valence-electron chi connectivity index (χ1n) is 8.02. The number of carboxylic acids is 1. The van der Waals surface area contributed by atoms with E-state index in [1.807, 2.05) is 0 Å². The Morgan fingerprint density at radius 1 is 1.40 bits per heavy atom. The third-order valence-electron chi connectivity index (χ3n) is 4.50. The number of fused-ring (bicyclic) bond motifs is 1. The number of aromatic nitrogens is 2. The molecule has 3 rings (SSSR count). The van der Waals surface area contributed by atoms with Crippen molar-refractivity contribution in [2.45, 2.75) is 32.2 Å². The maximum Gasteiger partial charge on any atom is 0.330 e. The third kappa shape index (κ3) is 3.65. The predicted octanol–water partition coefficient (Wildman–Crippen LogP) is 1.97. The molecule has 1 aromatic carbocycles. The average Bonchev–Trinajstić information content (AvgIpc) is 2.61. The first-order valence-corrected chi connectivity index (χ1v) is 8.02. The van der Waals surface area contributed by atoms with Gasteiger partial charge in [-0.1, -0.05) is 12.1 Å². The Bertz CT molecular complexity index is 825. The number of aryl methyl sites for hydroxylation is 2. The van der Waals surface area contributed by atoms with Gasteiger partial charge in [-0.05, 0) is 48.9 Å². The molecule has 1 heterocycles. The molecule has 2 unspecified atom stereocenters. The van der Waals surface area contributed by atoms with Crippen molar-refractivity contribution in [1.29, 1.82) is 0 Å². The van der Waals surface area contributed by atoms with Gasteiger partial charge in [0.15, 0.2) is 6.04 Å². The quantitative estimate of drug-likeness (QED) is 0.885. The van der Waals surface area contributed by atoms with E-state index in [-0.39, 0.29) is 11.8 Å². The number of hydrogen-bond acceptors (Lipinski definition) is 4. The summed E-state index contributed by atoms with van der Waals surface area (Å²) >= 11 is 0. The van der Waals surface area contributed by atoms with Gasteiger partial charge in [0.25, 0.3) is 0 Å². The SMILES string of the molecule is Cc1cc(C(NC(=O)C2CCc3ncncc3C2)C(=O)O)ccc1F. The molecule has 130 valence electrons. The van der Waals surface area contributed by atoms with Crippen LogP contribution in [-0.4, -0.2) is 27.0 Å². The number of carbonyl (C=O) groups excluding carboxylic acids is 1. The van der Waals surface area contributed by atoms with Crippen molar-refractivity contribution in [2.75, 3.05) is 0 Å². The Labute approximate surface area is 144 Å². The first-order chi connectivity index (χ1) is 12.0. The van der Waals surface area contributed by atoms with Gasteiger partial charge in [-0.25, -0.2) is 19.2 Å². The zero-order chi connectivity index (χ0) is 18.0. The Morgan fingerprint density at radius 3 is 2.92 bits per heavy atom. The van der Waals surface area contributed by atoms with Crippen LogP contribution >= 0.6 is 0 Å². The molecule has 2 aromatic rings. The van der Waals surface area contributed by atoms with E-state index in [1.54, 1.807) is 13.1 Å². The first kappa shape index (κ1) is 17.0. The van der Waals surface area contributed by atoms with Gasteiger partial charge >= 0.3 is 5.97 Å². The number of nitrogens with zero attached hydrogens (tertiary/aromatic N) is 2. The van der Waals surface area contributed by atoms with Crippen LogP contribution in [0, 0.1) is 18.7 Å². The molecule has 0 bridgehead atoms. The second-order valence-electron chi connectivity index (χ2n) is 6.22. The molecular formula is C18H18FN3O3. The number of carbonyl (C=O) groups is 2. The van der Waals surface area contributed by atoms with Crippen LogP contribution in [0.1, 0.15) is 34.8 Å². The highest BCUT2D eigenvalue weighted by Crippen LogP contribution is 2.25. The van der Waals surface area contributed by atoms with Crippen molar-refractivity contribution in [2.24, 2.45) is 5.92 Å². The highest BCUT2D eigenvalue weighted by molar-refractivity contribution is 5.86. The molecule has 0 fully saturated rings. The third-order valence-corrected chi connectivity index (χ3v) is 4.50. The largest absolute Gasteiger partial charge is 0.479 e. The molecule has 1 aliphatic carbocycles. The highest BCUT2D eigenvalue weighted by atomic mass is 19.1. The van der Waals surface area contributed by atoms with Crippen molar-refractivity contribution < 1.29 is 19.1 Å². The van der Waals surface area contributed by atoms with Crippen molar-refractivity contribution in [3.05, 3.63) is 58.9 Å². The molecule has 2 atom stereocenters. The number of aliphatic carboxylic acids is 1. The van der Waals surface area contributed by atoms with E-state index in [9.17, 15) is 19.1 Å². The minimum atomic E-state index is -1.21. The monoisotopic (exact) mass is 343 g/mol. The van der Waals surface area contributed by atoms with E-state index in [0.29, 0.717) is 30.4 Å². The van der Waals surface area contributed by atoms with Gasteiger partial charge in [-0.15, -0.1) is 0 Å². The van der Waals surface area contributed by atoms with Crippen molar-refractivity contribution in [3.8, 4) is 0 Å². The lowest BCUT2D eigenvalue weighted by atomic mass is 9.86. The van der Waals surface area contributed by atoms with E-state index in [1.165, 1.54) is 24.5 Å². The lowest BCUT2D eigenvalue weighted by molar-refractivity contribution is -0.142. The molecule has 1 aromatic heterocycles. The summed E-state index contributed by atoms with van der Waals surface area (Å²) in [7, 11) is 0. The van der Waals surface area contributed by atoms with E-state index < -0.39 is 17.8 Å². The topological polar surface area (TPSA) is 92.2 Å². The fraction of sp³-hybridized carbons (Fsp3) is 0.333. The zero-order valence-corrected chi connectivity index (χ0v) is 13.7. The van der Waals surface area contributed by atoms with Crippen LogP contribution in [0.15, 0.2) is 30.7 Å². The number of amides is 1. The van der Waals surface area contributed by atoms with Gasteiger partial charge in [-0.2, -0.15) is 0 Å². The second kappa shape index (κ2) is 6.96. The summed E-state index contributed by atoms with van der Waals surface area (Å²) in [6.45, 7) is 1.55. The molecule has 6 nitrogen and oxygen atoms in total. The molecule has 2 N–H and O–H groups in total. The van der Waals surface area contributed by atoms with Gasteiger partial charge in [0.1, 0.15) is 12.1 Å². The molecule has 0 saturated carbocycles. The number of nitrogens with one attached hydrogen (secondary N) is 1. The maximum atomic E-state index is 13.4. The normalized spacial score (nSPS) is 17.4. The van der Waals surface area contributed by atoms with Gasteiger partial charge in [0.2, 0.25) is 5.91 Å². The molecule has 0 radical (unpaired) electrons. The standard InChI is InChI=1S/C18H18FN3O3/c1-10-6-11(2-4-14(10)19)16(18(24)25)22-17(23)12-3-5-15-13(7-12)8-20-9-21-15/h2,4,6,8-9,12,16H,3,5,7H2,1H3,(H,22,23)(H,24,25). The Morgan fingerprint density at radius 2 is 2.20 bits per heavy atom. The summed E-state index contributed by atoms with van der Waals surface area (Å²) in [6, 6.07) is 2.82. The number of halogens is 1. The molecular weight excluding hydrogens is 325 g/mol. The van der Waals surface area contributed by atoms with Gasteiger partial charge in [0, 0.05) is 17.8 Å². The average molecular weight is 343 g/mol. The minimum Gasteiger partial charge on any atom is -0.479 e. The lowest BCUT2D eigenvalue weighted by Crippen LogP contribution is -2.39. The van der Waals surface area contributed by atoms with E-state index in [0.717, 1.165) is 11.3 Å². The van der Waals surface area contributed by atoms with E-state index in [4.69, 9.17) is 0 Å². The Kier molecular flexibility index (Phi) is 4.74. The summed E-state index contributed by atoms with van der Waals surface area (Å²) in [5, 5.41) is 12.0. The van der Waals surface area contributed by atoms with Crippen molar-refractivity contribution >= 4 is 11.9 Å². The summed E-state index contributed by atoms with van der Waals surface area (Å²) in [4.78, 5) is 32.3. The molecule has 1 amide bonds. The van der Waals surface area contributed by atoms with E-state index in [2.05, 4.69) is 15.3 Å². The molecule has 0 spiro atoms. The number of rotatable bonds is 4. The molecule has 1 aliphatic rings. The van der Waals surface area contributed by atoms with Crippen molar-refractivity contribution in [1.82, 2.24) is 15.3 Å². The summed E-state index contributed by atoms with van der Waals surface area (Å²) in [6.07, 6.45) is 4.92. The van der Waals surface area contributed by atoms with Crippen LogP contribution in [-0.2, 0) is 22.4 Å². The van der Waals surface area contributed by atoms with Crippen LogP contribution < -0.4 is 5.32 Å². The van der Waals surface area contributed by atoms with Gasteiger partial charge < -0.3 is 10.4 Å². The fourth-order valence-corrected chi connectivity index (χ4v) is 3.08. The van der Waals surface area contributed by atoms with E-state index >= 15 is 0 Å². The number of benzene rings is 1. The second-order valence-corrected chi connectivity index (χ2v) is 6.22. The zero-order valence-electron chi connectivity index (χ0n) is 13.7. The minimum absolute atomic E-state index is 0.330. The maximum absolute atomic E-state index is 13.4. The Balaban J connectivity index is 1.75. The summed E-state index contributed by atoms with van der Waals surface area (Å²) in [5.74, 6) is -2.26. The highest BCUT2D eigenvalue weighted by Gasteiger charge is 2.30. The summed E-state index contributed by atoms with van der Waals surface area (Å²) < 4.78 is 13.4. The smallest absolute Gasteiger partial charge is 0.330 e. The molecule has 0 aliphatic heterocycles. The number of carboxylic acid groups (broad SMARTS) is 1. The van der Waals surface area contributed by atoms with Crippen LogP contribution in [0.5, 0.6) is 0 Å². The lowest BCUT2D eigenvalue weighted by Gasteiger charge is -2.24. The van der Waals surface area contributed by atoms with Crippen LogP contribution in [0.3, 0.4) is 0 Å². The van der Waals surface area contributed by atoms with Crippen LogP contribution in [0.4, 0.5) is 4.39 Å². The Hall–Kier alpha value is -2.83. The number of hydrogen-bond donors (Lipinski definition) is 2. The molecule has 25 heavy (non-hydrogen) atoms. The molecule has 7 heteroatoms. The van der Waals surface area contributed by atoms with Crippen LogP contribution in [0.25, 0.3) is 0 Å². The van der Waals surface area contributed by atoms with Crippen molar-refractivity contribution in [3.63, 3.8) is 0 Å². The van der Waals surface area contributed by atoms with Crippen LogP contribution in [0.2, 0.25) is 0 Å². The van der Waals surface area contributed by atoms with Gasteiger partial charge in [-0.3, -0.25) is 4.79 Å².